The summed E-state index contributed by atoms with van der Waals surface area (Å²) in [6.07, 6.45) is 10.6. The van der Waals surface area contributed by atoms with E-state index in [2.05, 4.69) is 29.1 Å². The Morgan fingerprint density at radius 3 is 2.55 bits per heavy atom. The van der Waals surface area contributed by atoms with Crippen LogP contribution >= 0.6 is 0 Å². The van der Waals surface area contributed by atoms with E-state index in [4.69, 9.17) is 4.74 Å². The number of nitrogens with zero attached hydrogens (tertiary/aromatic N) is 2. The first kappa shape index (κ1) is 16.9. The zero-order valence-electron chi connectivity index (χ0n) is 13.2. The third-order valence-electron chi connectivity index (χ3n) is 3.53. The molecule has 0 amide bonds. The van der Waals surface area contributed by atoms with Crippen LogP contribution in [0.25, 0.3) is 0 Å². The van der Waals surface area contributed by atoms with Gasteiger partial charge in [0.05, 0.1) is 12.8 Å². The zero-order valence-corrected chi connectivity index (χ0v) is 13.2. The van der Waals surface area contributed by atoms with Crippen LogP contribution in [-0.2, 0) is 0 Å². The van der Waals surface area contributed by atoms with Crippen molar-refractivity contribution in [2.45, 2.75) is 64.8 Å². The summed E-state index contributed by atoms with van der Waals surface area (Å²) in [6.45, 7) is 5.34. The van der Waals surface area contributed by atoms with Crippen molar-refractivity contribution >= 4 is 0 Å². The minimum absolute atomic E-state index is 0.308. The molecule has 114 valence electrons. The van der Waals surface area contributed by atoms with Crippen molar-refractivity contribution in [3.8, 4) is 5.88 Å². The van der Waals surface area contributed by atoms with E-state index in [1.807, 2.05) is 6.07 Å². The number of unbranched alkanes of at least 4 members (excludes halogenated alkanes) is 5. The summed E-state index contributed by atoms with van der Waals surface area (Å²) in [7, 11) is 1.64. The SMILES string of the molecule is CCCCCCCCC(NCC)c1cc(OC)ncn1. The monoisotopic (exact) mass is 279 g/mol. The number of hydrogen-bond acceptors (Lipinski definition) is 4. The minimum atomic E-state index is 0.308. The molecule has 1 atom stereocenters. The molecule has 4 nitrogen and oxygen atoms in total. The maximum Gasteiger partial charge on any atom is 0.216 e. The molecule has 4 heteroatoms. The molecular weight excluding hydrogens is 250 g/mol. The van der Waals surface area contributed by atoms with Gasteiger partial charge in [-0.05, 0) is 13.0 Å². The predicted molar refractivity (Wildman–Crippen MR) is 83.0 cm³/mol. The van der Waals surface area contributed by atoms with E-state index in [-0.39, 0.29) is 0 Å². The highest BCUT2D eigenvalue weighted by Gasteiger charge is 2.12. The van der Waals surface area contributed by atoms with Crippen LogP contribution in [0.15, 0.2) is 12.4 Å². The van der Waals surface area contributed by atoms with Crippen molar-refractivity contribution in [3.63, 3.8) is 0 Å². The summed E-state index contributed by atoms with van der Waals surface area (Å²) < 4.78 is 5.17. The van der Waals surface area contributed by atoms with Gasteiger partial charge in [0, 0.05) is 12.1 Å². The molecule has 1 unspecified atom stereocenters. The van der Waals surface area contributed by atoms with Crippen LogP contribution in [-0.4, -0.2) is 23.6 Å². The summed E-state index contributed by atoms with van der Waals surface area (Å²) in [5.74, 6) is 0.640. The van der Waals surface area contributed by atoms with Crippen molar-refractivity contribution in [2.75, 3.05) is 13.7 Å². The van der Waals surface area contributed by atoms with Gasteiger partial charge in [0.1, 0.15) is 6.33 Å². The molecule has 20 heavy (non-hydrogen) atoms. The first-order valence-corrected chi connectivity index (χ1v) is 7.91. The smallest absolute Gasteiger partial charge is 0.216 e. The molecule has 0 fully saturated rings. The lowest BCUT2D eigenvalue weighted by Gasteiger charge is -2.17. The second-order valence-electron chi connectivity index (χ2n) is 5.15. The van der Waals surface area contributed by atoms with Crippen molar-refractivity contribution in [1.82, 2.24) is 15.3 Å². The van der Waals surface area contributed by atoms with Crippen LogP contribution in [0.5, 0.6) is 5.88 Å². The van der Waals surface area contributed by atoms with Gasteiger partial charge in [-0.15, -0.1) is 0 Å². The van der Waals surface area contributed by atoms with Gasteiger partial charge in [-0.25, -0.2) is 9.97 Å². The molecule has 0 aliphatic heterocycles. The Kier molecular flexibility index (Phi) is 8.96. The molecule has 1 aromatic heterocycles. The number of rotatable bonds is 11. The van der Waals surface area contributed by atoms with Gasteiger partial charge in [0.2, 0.25) is 5.88 Å². The molecule has 0 aliphatic carbocycles. The summed E-state index contributed by atoms with van der Waals surface area (Å²) in [5.41, 5.74) is 1.03. The van der Waals surface area contributed by atoms with Gasteiger partial charge >= 0.3 is 0 Å². The third-order valence-corrected chi connectivity index (χ3v) is 3.53. The molecule has 0 saturated heterocycles. The van der Waals surface area contributed by atoms with E-state index < -0.39 is 0 Å². The van der Waals surface area contributed by atoms with Gasteiger partial charge < -0.3 is 10.1 Å². The van der Waals surface area contributed by atoms with Gasteiger partial charge in [-0.3, -0.25) is 0 Å². The zero-order chi connectivity index (χ0) is 14.6. The van der Waals surface area contributed by atoms with E-state index in [1.165, 1.54) is 38.5 Å². The number of methoxy groups -OCH3 is 1. The van der Waals surface area contributed by atoms with Crippen molar-refractivity contribution in [1.29, 1.82) is 0 Å². The lowest BCUT2D eigenvalue weighted by atomic mass is 10.0. The Hall–Kier alpha value is -1.16. The van der Waals surface area contributed by atoms with Crippen molar-refractivity contribution < 1.29 is 4.74 Å². The Morgan fingerprint density at radius 2 is 1.85 bits per heavy atom. The lowest BCUT2D eigenvalue weighted by molar-refractivity contribution is 0.392. The normalized spacial score (nSPS) is 12.3. The number of hydrogen-bond donors (Lipinski definition) is 1. The summed E-state index contributed by atoms with van der Waals surface area (Å²) in [4.78, 5) is 8.45. The van der Waals surface area contributed by atoms with Crippen LogP contribution in [0.1, 0.15) is 70.5 Å². The quantitative estimate of drug-likeness (QED) is 0.624. The predicted octanol–water partition coefficient (Wildman–Crippen LogP) is 3.89. The number of aromatic nitrogens is 2. The molecule has 0 bridgehead atoms. The van der Waals surface area contributed by atoms with Gasteiger partial charge in [0.25, 0.3) is 0 Å². The standard InChI is InChI=1S/C16H29N3O/c1-4-6-7-8-9-10-11-14(17-5-2)15-12-16(20-3)19-13-18-15/h12-14,17H,4-11H2,1-3H3. The first-order chi connectivity index (χ1) is 9.81. The van der Waals surface area contributed by atoms with E-state index in [9.17, 15) is 0 Å². The topological polar surface area (TPSA) is 47.0 Å². The molecule has 0 aromatic carbocycles. The highest BCUT2D eigenvalue weighted by molar-refractivity contribution is 5.16. The van der Waals surface area contributed by atoms with Crippen molar-refractivity contribution in [3.05, 3.63) is 18.1 Å². The Morgan fingerprint density at radius 1 is 1.10 bits per heavy atom. The van der Waals surface area contributed by atoms with E-state index in [0.717, 1.165) is 18.7 Å². The van der Waals surface area contributed by atoms with E-state index >= 15 is 0 Å². The average Bonchev–Trinajstić information content (AvgIpc) is 2.49. The molecule has 1 rings (SSSR count). The molecular formula is C16H29N3O. The fraction of sp³-hybridized carbons (Fsp3) is 0.750. The van der Waals surface area contributed by atoms with Crippen LogP contribution < -0.4 is 10.1 Å². The highest BCUT2D eigenvalue weighted by atomic mass is 16.5. The Balaban J connectivity index is 2.42. The molecule has 1 heterocycles. The Bertz CT molecular complexity index is 357. The van der Waals surface area contributed by atoms with Gasteiger partial charge in [-0.1, -0.05) is 52.4 Å². The lowest BCUT2D eigenvalue weighted by Crippen LogP contribution is -2.22. The maximum absolute atomic E-state index is 5.17. The molecule has 0 spiro atoms. The highest BCUT2D eigenvalue weighted by Crippen LogP contribution is 2.20. The second-order valence-corrected chi connectivity index (χ2v) is 5.15. The molecule has 0 aliphatic rings. The van der Waals surface area contributed by atoms with Crippen LogP contribution in [0.3, 0.4) is 0 Å². The summed E-state index contributed by atoms with van der Waals surface area (Å²) in [5, 5.41) is 3.51. The van der Waals surface area contributed by atoms with E-state index in [0.29, 0.717) is 11.9 Å². The minimum Gasteiger partial charge on any atom is -0.481 e. The summed E-state index contributed by atoms with van der Waals surface area (Å²) >= 11 is 0. The van der Waals surface area contributed by atoms with Gasteiger partial charge in [0.15, 0.2) is 0 Å². The fourth-order valence-electron chi connectivity index (χ4n) is 2.39. The Labute approximate surface area is 123 Å². The molecule has 0 radical (unpaired) electrons. The third kappa shape index (κ3) is 6.33. The van der Waals surface area contributed by atoms with Crippen LogP contribution in [0, 0.1) is 0 Å². The van der Waals surface area contributed by atoms with Crippen LogP contribution in [0.2, 0.25) is 0 Å². The fourth-order valence-corrected chi connectivity index (χ4v) is 2.39. The van der Waals surface area contributed by atoms with Crippen molar-refractivity contribution in [2.24, 2.45) is 0 Å². The summed E-state index contributed by atoms with van der Waals surface area (Å²) in [6, 6.07) is 2.24. The number of nitrogens with one attached hydrogen (secondary N) is 1. The van der Waals surface area contributed by atoms with Crippen LogP contribution in [0.4, 0.5) is 0 Å². The van der Waals surface area contributed by atoms with Gasteiger partial charge in [-0.2, -0.15) is 0 Å². The first-order valence-electron chi connectivity index (χ1n) is 7.91. The second kappa shape index (κ2) is 10.6. The average molecular weight is 279 g/mol. The molecule has 0 saturated carbocycles. The van der Waals surface area contributed by atoms with E-state index in [1.54, 1.807) is 13.4 Å². The largest absolute Gasteiger partial charge is 0.481 e. The molecule has 1 aromatic rings. The molecule has 1 N–H and O–H groups in total. The maximum atomic E-state index is 5.17. The number of ether oxygens (including phenoxy) is 1.